The van der Waals surface area contributed by atoms with Crippen molar-refractivity contribution >= 4 is 11.3 Å². The van der Waals surface area contributed by atoms with Crippen molar-refractivity contribution in [3.8, 4) is 5.75 Å². The van der Waals surface area contributed by atoms with Crippen molar-refractivity contribution in [2.75, 3.05) is 13.2 Å². The Morgan fingerprint density at radius 2 is 2.40 bits per heavy atom. The van der Waals surface area contributed by atoms with Crippen LogP contribution < -0.4 is 10.1 Å². The fourth-order valence-corrected chi connectivity index (χ4v) is 3.31. The normalized spacial score (nSPS) is 14.8. The van der Waals surface area contributed by atoms with Crippen LogP contribution in [0, 0.1) is 0 Å². The van der Waals surface area contributed by atoms with E-state index in [1.807, 2.05) is 5.51 Å². The molecule has 1 aliphatic heterocycles. The smallest absolute Gasteiger partial charge is 0.122 e. The molecule has 0 aliphatic carbocycles. The van der Waals surface area contributed by atoms with Crippen LogP contribution in [0.1, 0.15) is 36.2 Å². The molecule has 1 aromatic heterocycles. The Morgan fingerprint density at radius 1 is 1.45 bits per heavy atom. The van der Waals surface area contributed by atoms with Crippen LogP contribution in [0.3, 0.4) is 0 Å². The Morgan fingerprint density at radius 3 is 3.20 bits per heavy atom. The molecule has 106 valence electrons. The van der Waals surface area contributed by atoms with Crippen LogP contribution in [-0.2, 0) is 12.8 Å². The van der Waals surface area contributed by atoms with Crippen molar-refractivity contribution in [3.05, 3.63) is 45.9 Å². The van der Waals surface area contributed by atoms with E-state index in [0.29, 0.717) is 6.04 Å². The highest BCUT2D eigenvalue weighted by Crippen LogP contribution is 2.27. The van der Waals surface area contributed by atoms with Gasteiger partial charge in [0.1, 0.15) is 5.75 Å². The molecular formula is C16H20N2OS. The molecule has 0 saturated carbocycles. The standard InChI is InChI=1S/C16H20N2OS/c1-2-17-14(15-10-20-11-18-15)5-3-12-4-6-16-13(9-12)7-8-19-16/h4,6,9-11,14,17H,2-3,5,7-8H2,1H3. The van der Waals surface area contributed by atoms with Crippen LogP contribution in [-0.4, -0.2) is 18.1 Å². The highest BCUT2D eigenvalue weighted by atomic mass is 32.1. The molecule has 0 saturated heterocycles. The van der Waals surface area contributed by atoms with Gasteiger partial charge in [-0.2, -0.15) is 0 Å². The molecule has 4 heteroatoms. The number of aromatic nitrogens is 1. The lowest BCUT2D eigenvalue weighted by Crippen LogP contribution is -2.21. The maximum absolute atomic E-state index is 5.56. The molecule has 1 aromatic carbocycles. The maximum atomic E-state index is 5.56. The van der Waals surface area contributed by atoms with E-state index in [1.165, 1.54) is 16.8 Å². The van der Waals surface area contributed by atoms with Crippen LogP contribution in [0.25, 0.3) is 0 Å². The number of hydrogen-bond acceptors (Lipinski definition) is 4. The lowest BCUT2D eigenvalue weighted by molar-refractivity contribution is 0.357. The van der Waals surface area contributed by atoms with E-state index in [4.69, 9.17) is 4.74 Å². The van der Waals surface area contributed by atoms with Crippen molar-refractivity contribution in [2.24, 2.45) is 0 Å². The Balaban J connectivity index is 1.65. The number of fused-ring (bicyclic) bond motifs is 1. The third-order valence-corrected chi connectivity index (χ3v) is 4.34. The predicted octanol–water partition coefficient (Wildman–Crippen LogP) is 3.36. The van der Waals surface area contributed by atoms with Gasteiger partial charge in [0.2, 0.25) is 0 Å². The Kier molecular flexibility index (Phi) is 4.33. The van der Waals surface area contributed by atoms with Gasteiger partial charge in [0.05, 0.1) is 23.9 Å². The van der Waals surface area contributed by atoms with E-state index < -0.39 is 0 Å². The summed E-state index contributed by atoms with van der Waals surface area (Å²) in [5.41, 5.74) is 5.83. The molecule has 1 N–H and O–H groups in total. The second kappa shape index (κ2) is 6.37. The number of nitrogens with one attached hydrogen (secondary N) is 1. The van der Waals surface area contributed by atoms with Gasteiger partial charge in [-0.25, -0.2) is 4.98 Å². The monoisotopic (exact) mass is 288 g/mol. The fraction of sp³-hybridized carbons (Fsp3) is 0.438. The topological polar surface area (TPSA) is 34.1 Å². The van der Waals surface area contributed by atoms with Gasteiger partial charge in [0, 0.05) is 11.8 Å². The van der Waals surface area contributed by atoms with Crippen LogP contribution in [0.4, 0.5) is 0 Å². The molecule has 3 rings (SSSR count). The van der Waals surface area contributed by atoms with Gasteiger partial charge >= 0.3 is 0 Å². The second-order valence-corrected chi connectivity index (χ2v) is 5.82. The molecule has 2 heterocycles. The molecule has 2 aromatic rings. The zero-order valence-electron chi connectivity index (χ0n) is 11.8. The average molecular weight is 288 g/mol. The summed E-state index contributed by atoms with van der Waals surface area (Å²) in [7, 11) is 0. The zero-order valence-corrected chi connectivity index (χ0v) is 12.6. The SMILES string of the molecule is CCNC(CCc1ccc2c(c1)CCO2)c1cscn1. The minimum Gasteiger partial charge on any atom is -0.493 e. The summed E-state index contributed by atoms with van der Waals surface area (Å²) in [4.78, 5) is 4.44. The van der Waals surface area contributed by atoms with Gasteiger partial charge in [0.25, 0.3) is 0 Å². The molecule has 1 unspecified atom stereocenters. The first-order chi connectivity index (χ1) is 9.86. The average Bonchev–Trinajstić information content (AvgIpc) is 3.13. The number of nitrogens with zero attached hydrogens (tertiary/aromatic N) is 1. The van der Waals surface area contributed by atoms with Gasteiger partial charge in [-0.15, -0.1) is 11.3 Å². The summed E-state index contributed by atoms with van der Waals surface area (Å²) in [6, 6.07) is 6.96. The van der Waals surface area contributed by atoms with Crippen LogP contribution in [0.2, 0.25) is 0 Å². The van der Waals surface area contributed by atoms with Crippen molar-refractivity contribution < 1.29 is 4.74 Å². The third-order valence-electron chi connectivity index (χ3n) is 3.73. The second-order valence-electron chi connectivity index (χ2n) is 5.10. The number of aryl methyl sites for hydroxylation is 1. The number of rotatable bonds is 6. The molecular weight excluding hydrogens is 268 g/mol. The van der Waals surface area contributed by atoms with E-state index in [-0.39, 0.29) is 0 Å². The number of hydrogen-bond donors (Lipinski definition) is 1. The number of ether oxygens (including phenoxy) is 1. The van der Waals surface area contributed by atoms with Crippen molar-refractivity contribution in [1.29, 1.82) is 0 Å². The molecule has 20 heavy (non-hydrogen) atoms. The summed E-state index contributed by atoms with van der Waals surface area (Å²) in [6.07, 6.45) is 3.20. The van der Waals surface area contributed by atoms with Gasteiger partial charge in [-0.1, -0.05) is 19.1 Å². The lowest BCUT2D eigenvalue weighted by atomic mass is 10.0. The van der Waals surface area contributed by atoms with Crippen LogP contribution in [0.5, 0.6) is 5.75 Å². The predicted molar refractivity (Wildman–Crippen MR) is 82.5 cm³/mol. The minimum atomic E-state index is 0.357. The lowest BCUT2D eigenvalue weighted by Gasteiger charge is -2.16. The highest BCUT2D eigenvalue weighted by molar-refractivity contribution is 7.07. The summed E-state index contributed by atoms with van der Waals surface area (Å²) >= 11 is 1.66. The van der Waals surface area contributed by atoms with Gasteiger partial charge in [-0.3, -0.25) is 0 Å². The van der Waals surface area contributed by atoms with Gasteiger partial charge < -0.3 is 10.1 Å². The first-order valence-corrected chi connectivity index (χ1v) is 8.17. The van der Waals surface area contributed by atoms with Gasteiger partial charge in [0.15, 0.2) is 0 Å². The molecule has 0 radical (unpaired) electrons. The van der Waals surface area contributed by atoms with Crippen molar-refractivity contribution in [3.63, 3.8) is 0 Å². The quantitative estimate of drug-likeness (QED) is 0.885. The third kappa shape index (κ3) is 3.02. The van der Waals surface area contributed by atoms with E-state index in [9.17, 15) is 0 Å². The first kappa shape index (κ1) is 13.6. The van der Waals surface area contributed by atoms with E-state index >= 15 is 0 Å². The fourth-order valence-electron chi connectivity index (χ4n) is 2.70. The Labute approximate surface area is 124 Å². The van der Waals surface area contributed by atoms with Crippen LogP contribution >= 0.6 is 11.3 Å². The zero-order chi connectivity index (χ0) is 13.8. The molecule has 3 nitrogen and oxygen atoms in total. The molecule has 0 amide bonds. The first-order valence-electron chi connectivity index (χ1n) is 7.23. The summed E-state index contributed by atoms with van der Waals surface area (Å²) in [5.74, 6) is 1.07. The molecule has 1 atom stereocenters. The summed E-state index contributed by atoms with van der Waals surface area (Å²) in [6.45, 7) is 3.95. The molecule has 0 spiro atoms. The number of thiazole rings is 1. The summed E-state index contributed by atoms with van der Waals surface area (Å²) in [5, 5.41) is 5.67. The minimum absolute atomic E-state index is 0.357. The van der Waals surface area contributed by atoms with Crippen molar-refractivity contribution in [1.82, 2.24) is 10.3 Å². The Hall–Kier alpha value is -1.39. The molecule has 1 aliphatic rings. The van der Waals surface area contributed by atoms with Crippen LogP contribution in [0.15, 0.2) is 29.1 Å². The Bertz CT molecular complexity index is 554. The largest absolute Gasteiger partial charge is 0.493 e. The molecule has 0 bridgehead atoms. The van der Waals surface area contributed by atoms with E-state index in [2.05, 4.69) is 40.8 Å². The van der Waals surface area contributed by atoms with Gasteiger partial charge in [-0.05, 0) is 36.6 Å². The number of benzene rings is 1. The van der Waals surface area contributed by atoms with E-state index in [1.54, 1.807) is 11.3 Å². The summed E-state index contributed by atoms with van der Waals surface area (Å²) < 4.78 is 5.56. The highest BCUT2D eigenvalue weighted by Gasteiger charge is 2.15. The van der Waals surface area contributed by atoms with E-state index in [0.717, 1.165) is 38.2 Å². The molecule has 0 fully saturated rings. The van der Waals surface area contributed by atoms with Crippen molar-refractivity contribution in [2.45, 2.75) is 32.2 Å². The maximum Gasteiger partial charge on any atom is 0.122 e.